The average Bonchev–Trinajstić information content (AvgIpc) is 2.46. The first-order valence-corrected chi connectivity index (χ1v) is 5.26. The summed E-state index contributed by atoms with van der Waals surface area (Å²) in [7, 11) is 0. The topological polar surface area (TPSA) is 49.7 Å². The van der Waals surface area contributed by atoms with Crippen molar-refractivity contribution in [3.63, 3.8) is 0 Å². The lowest BCUT2D eigenvalue weighted by Crippen LogP contribution is -2.53. The third-order valence-corrected chi connectivity index (χ3v) is 4.12. The summed E-state index contributed by atoms with van der Waals surface area (Å²) < 4.78 is 5.65. The molecule has 5 atom stereocenters. The zero-order chi connectivity index (χ0) is 10.1. The van der Waals surface area contributed by atoms with E-state index in [1.54, 1.807) is 0 Å². The van der Waals surface area contributed by atoms with Crippen molar-refractivity contribution in [2.75, 3.05) is 0 Å². The molecule has 2 aliphatic carbocycles. The van der Waals surface area contributed by atoms with E-state index in [0.29, 0.717) is 12.8 Å². The maximum Gasteiger partial charge on any atom is 0.121 e. The van der Waals surface area contributed by atoms with Crippen LogP contribution in [0.3, 0.4) is 0 Å². The molecule has 1 saturated carbocycles. The zero-order valence-corrected chi connectivity index (χ0v) is 8.53. The number of fused-ring (bicyclic) bond motifs is 3. The van der Waals surface area contributed by atoms with Gasteiger partial charge in [-0.15, -0.1) is 0 Å². The van der Waals surface area contributed by atoms with Crippen molar-refractivity contribution in [2.24, 2.45) is 5.92 Å². The summed E-state index contributed by atoms with van der Waals surface area (Å²) in [6.07, 6.45) is 3.00. The molecule has 3 nitrogen and oxygen atoms in total. The zero-order valence-electron chi connectivity index (χ0n) is 8.53. The summed E-state index contributed by atoms with van der Waals surface area (Å²) in [6.45, 7) is 3.86. The quantitative estimate of drug-likeness (QED) is 0.558. The van der Waals surface area contributed by atoms with E-state index in [2.05, 4.69) is 0 Å². The Morgan fingerprint density at radius 1 is 1.43 bits per heavy atom. The molecular weight excluding hydrogens is 180 g/mol. The van der Waals surface area contributed by atoms with Gasteiger partial charge in [0.2, 0.25) is 0 Å². The Bertz CT molecular complexity index is 324. The van der Waals surface area contributed by atoms with Crippen molar-refractivity contribution >= 4 is 0 Å². The van der Waals surface area contributed by atoms with Crippen LogP contribution in [0.4, 0.5) is 0 Å². The average molecular weight is 196 g/mol. The Labute approximate surface area is 83.4 Å². The minimum absolute atomic E-state index is 0.0587. The Morgan fingerprint density at radius 3 is 2.79 bits per heavy atom. The maximum absolute atomic E-state index is 10.4. The van der Waals surface area contributed by atoms with Gasteiger partial charge in [0.1, 0.15) is 11.7 Å². The highest BCUT2D eigenvalue weighted by Crippen LogP contribution is 2.58. The second-order valence-corrected chi connectivity index (χ2v) is 5.12. The summed E-state index contributed by atoms with van der Waals surface area (Å²) in [4.78, 5) is 0. The molecule has 14 heavy (non-hydrogen) atoms. The van der Waals surface area contributed by atoms with Crippen LogP contribution in [-0.4, -0.2) is 33.6 Å². The first kappa shape index (κ1) is 8.89. The van der Waals surface area contributed by atoms with E-state index in [0.717, 1.165) is 5.57 Å². The SMILES string of the molecule is CC1=C[C@H]2C[C@]3(O)C[C@H](C)OC3[C@@]12O. The van der Waals surface area contributed by atoms with Gasteiger partial charge in [0.05, 0.1) is 11.7 Å². The predicted octanol–water partition coefficient (Wildman–Crippen LogP) is 0.606. The highest BCUT2D eigenvalue weighted by atomic mass is 16.5. The molecule has 0 amide bonds. The monoisotopic (exact) mass is 196 g/mol. The molecule has 0 aromatic rings. The van der Waals surface area contributed by atoms with Crippen LogP contribution < -0.4 is 0 Å². The van der Waals surface area contributed by atoms with E-state index in [4.69, 9.17) is 4.74 Å². The van der Waals surface area contributed by atoms with Crippen molar-refractivity contribution in [1.82, 2.24) is 0 Å². The number of hydrogen-bond acceptors (Lipinski definition) is 3. The second kappa shape index (κ2) is 2.23. The standard InChI is InChI=1S/C11H16O3/c1-6-3-8-5-10(12)4-7(2)14-9(10)11(6,8)13/h3,7-9,12-13H,4-5H2,1-2H3/t7-,8-,9?,10+,11+/m0/s1. The normalized spacial score (nSPS) is 60.3. The highest BCUT2D eigenvalue weighted by molar-refractivity contribution is 5.40. The molecule has 1 heterocycles. The minimum Gasteiger partial charge on any atom is -0.387 e. The number of ether oxygens (including phenoxy) is 1. The van der Waals surface area contributed by atoms with Gasteiger partial charge < -0.3 is 14.9 Å². The van der Waals surface area contributed by atoms with Crippen LogP contribution in [0, 0.1) is 5.92 Å². The van der Waals surface area contributed by atoms with E-state index in [1.807, 2.05) is 19.9 Å². The fraction of sp³-hybridized carbons (Fsp3) is 0.818. The van der Waals surface area contributed by atoms with Crippen molar-refractivity contribution < 1.29 is 14.9 Å². The predicted molar refractivity (Wildman–Crippen MR) is 50.7 cm³/mol. The third-order valence-electron chi connectivity index (χ3n) is 4.12. The van der Waals surface area contributed by atoms with Gasteiger partial charge in [-0.25, -0.2) is 0 Å². The van der Waals surface area contributed by atoms with Crippen LogP contribution in [0.5, 0.6) is 0 Å². The smallest absolute Gasteiger partial charge is 0.121 e. The summed E-state index contributed by atoms with van der Waals surface area (Å²) in [5, 5.41) is 20.8. The van der Waals surface area contributed by atoms with Gasteiger partial charge in [0.15, 0.2) is 0 Å². The number of aliphatic hydroxyl groups is 2. The van der Waals surface area contributed by atoms with E-state index in [-0.39, 0.29) is 12.0 Å². The van der Waals surface area contributed by atoms with Crippen LogP contribution in [0.1, 0.15) is 26.7 Å². The molecular formula is C11H16O3. The van der Waals surface area contributed by atoms with Crippen molar-refractivity contribution in [2.45, 2.75) is 50.1 Å². The number of hydrogen-bond donors (Lipinski definition) is 2. The van der Waals surface area contributed by atoms with Crippen LogP contribution in [-0.2, 0) is 4.74 Å². The molecule has 3 heteroatoms. The molecule has 78 valence electrons. The van der Waals surface area contributed by atoms with Gasteiger partial charge in [-0.05, 0) is 25.8 Å². The molecule has 2 fully saturated rings. The van der Waals surface area contributed by atoms with Crippen LogP contribution >= 0.6 is 0 Å². The lowest BCUT2D eigenvalue weighted by atomic mass is 9.72. The fourth-order valence-corrected chi connectivity index (χ4v) is 3.47. The molecule has 0 radical (unpaired) electrons. The first-order valence-electron chi connectivity index (χ1n) is 5.26. The van der Waals surface area contributed by atoms with Gasteiger partial charge in [-0.2, -0.15) is 0 Å². The van der Waals surface area contributed by atoms with Crippen molar-refractivity contribution in [3.05, 3.63) is 11.6 Å². The number of rotatable bonds is 0. The van der Waals surface area contributed by atoms with Gasteiger partial charge in [0.25, 0.3) is 0 Å². The summed E-state index contributed by atoms with van der Waals surface area (Å²) >= 11 is 0. The highest BCUT2D eigenvalue weighted by Gasteiger charge is 2.68. The summed E-state index contributed by atoms with van der Waals surface area (Å²) in [6, 6.07) is 0. The molecule has 3 rings (SSSR count). The minimum atomic E-state index is -0.875. The second-order valence-electron chi connectivity index (χ2n) is 5.12. The molecule has 3 aliphatic rings. The van der Waals surface area contributed by atoms with Crippen molar-refractivity contribution in [1.29, 1.82) is 0 Å². The molecule has 0 aromatic carbocycles. The van der Waals surface area contributed by atoms with Gasteiger partial charge in [-0.3, -0.25) is 0 Å². The van der Waals surface area contributed by atoms with E-state index in [1.165, 1.54) is 0 Å². The molecule has 2 N–H and O–H groups in total. The van der Waals surface area contributed by atoms with Crippen LogP contribution in [0.25, 0.3) is 0 Å². The Morgan fingerprint density at radius 2 is 2.14 bits per heavy atom. The van der Waals surface area contributed by atoms with Gasteiger partial charge in [0, 0.05) is 12.3 Å². The lowest BCUT2D eigenvalue weighted by Gasteiger charge is -2.41. The van der Waals surface area contributed by atoms with E-state index in [9.17, 15) is 10.2 Å². The first-order chi connectivity index (χ1) is 6.47. The summed E-state index contributed by atoms with van der Waals surface area (Å²) in [5.41, 5.74) is -0.718. The maximum atomic E-state index is 10.4. The van der Waals surface area contributed by atoms with Gasteiger partial charge >= 0.3 is 0 Å². The molecule has 1 saturated heterocycles. The largest absolute Gasteiger partial charge is 0.387 e. The molecule has 1 aliphatic heterocycles. The molecule has 0 aromatic heterocycles. The fourth-order valence-electron chi connectivity index (χ4n) is 3.47. The van der Waals surface area contributed by atoms with E-state index < -0.39 is 17.3 Å². The lowest BCUT2D eigenvalue weighted by molar-refractivity contribution is -0.118. The van der Waals surface area contributed by atoms with Crippen LogP contribution in [0.2, 0.25) is 0 Å². The van der Waals surface area contributed by atoms with Crippen LogP contribution in [0.15, 0.2) is 11.6 Å². The van der Waals surface area contributed by atoms with Gasteiger partial charge in [-0.1, -0.05) is 6.08 Å². The third kappa shape index (κ3) is 0.757. The van der Waals surface area contributed by atoms with Crippen molar-refractivity contribution in [3.8, 4) is 0 Å². The molecule has 0 bridgehead atoms. The Kier molecular flexibility index (Phi) is 1.42. The van der Waals surface area contributed by atoms with E-state index >= 15 is 0 Å². The Balaban J connectivity index is 2.01. The summed E-state index contributed by atoms with van der Waals surface area (Å²) in [5.74, 6) is 0.102. The molecule has 1 unspecified atom stereocenters. The molecule has 0 spiro atoms. The Hall–Kier alpha value is -0.380.